The quantitative estimate of drug-likeness (QED) is 0.426. The van der Waals surface area contributed by atoms with Gasteiger partial charge in [0.05, 0.1) is 5.92 Å². The first-order chi connectivity index (χ1) is 5.45. The standard InChI is InChI=1S/C7H8F3OP/c1-3-5-4-12(2)11-6(5)7(8,9)10/h1,5-6H,4H2,2H3. The fourth-order valence-corrected chi connectivity index (χ4v) is 2.70. The Bertz CT molecular complexity index is 208. The zero-order valence-electron chi connectivity index (χ0n) is 6.43. The third-order valence-electron chi connectivity index (χ3n) is 1.65. The van der Waals surface area contributed by atoms with Crippen molar-refractivity contribution in [2.24, 2.45) is 5.92 Å². The maximum Gasteiger partial charge on any atom is 0.416 e. The summed E-state index contributed by atoms with van der Waals surface area (Å²) in [4.78, 5) is 0. The van der Waals surface area contributed by atoms with Crippen molar-refractivity contribution in [2.75, 3.05) is 12.8 Å². The Morgan fingerprint density at radius 1 is 1.58 bits per heavy atom. The largest absolute Gasteiger partial charge is 0.416 e. The first-order valence-corrected chi connectivity index (χ1v) is 5.25. The van der Waals surface area contributed by atoms with Crippen LogP contribution in [0.2, 0.25) is 0 Å². The number of halogens is 3. The van der Waals surface area contributed by atoms with Gasteiger partial charge in [-0.05, 0) is 6.66 Å². The number of hydrogen-bond donors (Lipinski definition) is 0. The van der Waals surface area contributed by atoms with E-state index in [2.05, 4.69) is 5.92 Å². The van der Waals surface area contributed by atoms with Crippen LogP contribution in [0.25, 0.3) is 0 Å². The lowest BCUT2D eigenvalue weighted by Crippen LogP contribution is -2.33. The van der Waals surface area contributed by atoms with Crippen LogP contribution in [-0.4, -0.2) is 25.1 Å². The lowest BCUT2D eigenvalue weighted by atomic mass is 10.1. The molecule has 68 valence electrons. The molecule has 3 unspecified atom stereocenters. The summed E-state index contributed by atoms with van der Waals surface area (Å²) in [5.41, 5.74) is 0. The highest BCUT2D eigenvalue weighted by molar-refractivity contribution is 7.52. The summed E-state index contributed by atoms with van der Waals surface area (Å²) in [6, 6.07) is 0. The van der Waals surface area contributed by atoms with Gasteiger partial charge >= 0.3 is 6.18 Å². The normalized spacial score (nSPS) is 36.4. The van der Waals surface area contributed by atoms with Crippen molar-refractivity contribution in [3.8, 4) is 12.3 Å². The minimum Gasteiger partial charge on any atom is -0.346 e. The molecule has 12 heavy (non-hydrogen) atoms. The summed E-state index contributed by atoms with van der Waals surface area (Å²) in [5, 5.41) is 0. The second kappa shape index (κ2) is 3.24. The molecule has 3 atom stereocenters. The van der Waals surface area contributed by atoms with Crippen LogP contribution in [0, 0.1) is 18.3 Å². The van der Waals surface area contributed by atoms with Gasteiger partial charge in [-0.2, -0.15) is 13.2 Å². The van der Waals surface area contributed by atoms with Crippen molar-refractivity contribution >= 4 is 8.15 Å². The van der Waals surface area contributed by atoms with E-state index in [0.717, 1.165) is 0 Å². The van der Waals surface area contributed by atoms with Crippen LogP contribution < -0.4 is 0 Å². The Balaban J connectivity index is 2.72. The van der Waals surface area contributed by atoms with Gasteiger partial charge in [0, 0.05) is 14.3 Å². The molecule has 0 aliphatic carbocycles. The third-order valence-corrected chi connectivity index (χ3v) is 3.14. The van der Waals surface area contributed by atoms with Crippen molar-refractivity contribution in [3.63, 3.8) is 0 Å². The fraction of sp³-hybridized carbons (Fsp3) is 0.714. The summed E-state index contributed by atoms with van der Waals surface area (Å²) in [6.45, 7) is 1.66. The van der Waals surface area contributed by atoms with Crippen LogP contribution in [0.1, 0.15) is 0 Å². The SMILES string of the molecule is C#CC1CP(C)OC1C(F)(F)F. The van der Waals surface area contributed by atoms with Gasteiger partial charge in [0.2, 0.25) is 0 Å². The predicted molar refractivity (Wildman–Crippen MR) is 41.0 cm³/mol. The molecule has 0 N–H and O–H groups in total. The molecule has 0 aromatic rings. The molecule has 1 rings (SSSR count). The van der Waals surface area contributed by atoms with Crippen LogP contribution in [-0.2, 0) is 4.52 Å². The zero-order chi connectivity index (χ0) is 9.35. The van der Waals surface area contributed by atoms with Gasteiger partial charge in [0.15, 0.2) is 6.10 Å². The molecular formula is C7H8F3OP. The van der Waals surface area contributed by atoms with Crippen molar-refractivity contribution < 1.29 is 17.7 Å². The first kappa shape index (κ1) is 9.83. The van der Waals surface area contributed by atoms with Crippen molar-refractivity contribution in [1.82, 2.24) is 0 Å². The molecule has 0 saturated carbocycles. The molecule has 5 heteroatoms. The molecule has 0 aromatic heterocycles. The van der Waals surface area contributed by atoms with Crippen LogP contribution in [0.5, 0.6) is 0 Å². The average molecular weight is 196 g/mol. The van der Waals surface area contributed by atoms with Crippen LogP contribution in [0.3, 0.4) is 0 Å². The van der Waals surface area contributed by atoms with Crippen molar-refractivity contribution in [2.45, 2.75) is 12.3 Å². The highest BCUT2D eigenvalue weighted by Gasteiger charge is 2.50. The highest BCUT2D eigenvalue weighted by atomic mass is 31.1. The van der Waals surface area contributed by atoms with E-state index in [0.29, 0.717) is 6.16 Å². The highest BCUT2D eigenvalue weighted by Crippen LogP contribution is 2.49. The van der Waals surface area contributed by atoms with Crippen LogP contribution in [0.4, 0.5) is 13.2 Å². The molecule has 1 saturated heterocycles. The summed E-state index contributed by atoms with van der Waals surface area (Å²) in [6.07, 6.45) is -0.732. The van der Waals surface area contributed by atoms with Gasteiger partial charge < -0.3 is 4.52 Å². The minimum atomic E-state index is -4.32. The van der Waals surface area contributed by atoms with Gasteiger partial charge in [-0.15, -0.1) is 6.42 Å². The molecule has 1 heterocycles. The molecule has 1 fully saturated rings. The van der Waals surface area contributed by atoms with Gasteiger partial charge in [-0.3, -0.25) is 0 Å². The smallest absolute Gasteiger partial charge is 0.346 e. The molecule has 1 nitrogen and oxygen atoms in total. The maximum absolute atomic E-state index is 12.2. The topological polar surface area (TPSA) is 9.23 Å². The van der Waals surface area contributed by atoms with Gasteiger partial charge in [0.25, 0.3) is 0 Å². The Kier molecular flexibility index (Phi) is 2.65. The van der Waals surface area contributed by atoms with E-state index in [-0.39, 0.29) is 0 Å². The van der Waals surface area contributed by atoms with Crippen molar-refractivity contribution in [3.05, 3.63) is 0 Å². The molecule has 0 bridgehead atoms. The lowest BCUT2D eigenvalue weighted by molar-refractivity contribution is -0.195. The van der Waals surface area contributed by atoms with E-state index in [1.807, 2.05) is 0 Å². The first-order valence-electron chi connectivity index (χ1n) is 3.36. The molecular weight excluding hydrogens is 188 g/mol. The number of hydrogen-bond acceptors (Lipinski definition) is 1. The molecule has 0 aromatic carbocycles. The lowest BCUT2D eigenvalue weighted by Gasteiger charge is -2.17. The predicted octanol–water partition coefficient (Wildman–Crippen LogP) is 2.22. The second-order valence-corrected chi connectivity index (χ2v) is 4.48. The zero-order valence-corrected chi connectivity index (χ0v) is 7.32. The summed E-state index contributed by atoms with van der Waals surface area (Å²) >= 11 is 0. The van der Waals surface area contributed by atoms with Crippen LogP contribution in [0.15, 0.2) is 0 Å². The Labute approximate surface area is 70.1 Å². The summed E-state index contributed by atoms with van der Waals surface area (Å²) in [7, 11) is -0.976. The monoisotopic (exact) mass is 196 g/mol. The van der Waals surface area contributed by atoms with E-state index in [1.54, 1.807) is 6.66 Å². The Morgan fingerprint density at radius 2 is 2.17 bits per heavy atom. The van der Waals surface area contributed by atoms with E-state index >= 15 is 0 Å². The molecule has 0 radical (unpaired) electrons. The number of terminal acetylenes is 1. The number of alkyl halides is 3. The maximum atomic E-state index is 12.2. The van der Waals surface area contributed by atoms with Gasteiger partial charge in [-0.1, -0.05) is 5.92 Å². The molecule has 1 aliphatic rings. The summed E-state index contributed by atoms with van der Waals surface area (Å²) < 4.78 is 41.2. The Hall–Kier alpha value is -0.260. The second-order valence-electron chi connectivity index (χ2n) is 2.65. The third kappa shape index (κ3) is 1.91. The Morgan fingerprint density at radius 3 is 2.50 bits per heavy atom. The molecule has 0 spiro atoms. The molecule has 0 amide bonds. The fourth-order valence-electron chi connectivity index (χ4n) is 1.11. The average Bonchev–Trinajstić information content (AvgIpc) is 2.29. The van der Waals surface area contributed by atoms with Crippen LogP contribution >= 0.6 is 8.15 Å². The molecule has 1 aliphatic heterocycles. The van der Waals surface area contributed by atoms with Crippen molar-refractivity contribution in [1.29, 1.82) is 0 Å². The van der Waals surface area contributed by atoms with E-state index in [9.17, 15) is 13.2 Å². The van der Waals surface area contributed by atoms with Gasteiger partial charge in [-0.25, -0.2) is 0 Å². The van der Waals surface area contributed by atoms with E-state index in [4.69, 9.17) is 10.9 Å². The van der Waals surface area contributed by atoms with E-state index < -0.39 is 26.3 Å². The van der Waals surface area contributed by atoms with E-state index in [1.165, 1.54) is 0 Å². The van der Waals surface area contributed by atoms with Gasteiger partial charge in [0.1, 0.15) is 0 Å². The number of rotatable bonds is 0. The minimum absolute atomic E-state index is 0.357. The summed E-state index contributed by atoms with van der Waals surface area (Å²) in [5.74, 6) is 1.33.